The first-order chi connectivity index (χ1) is 26.7. The van der Waals surface area contributed by atoms with Crippen LogP contribution in [0.2, 0.25) is 0 Å². The van der Waals surface area contributed by atoms with Gasteiger partial charge >= 0.3 is 0 Å². The molecule has 0 N–H and O–H groups in total. The summed E-state index contributed by atoms with van der Waals surface area (Å²) < 4.78 is 74.3. The molecule has 0 radical (unpaired) electrons. The Hall–Kier alpha value is -6.18. The van der Waals surface area contributed by atoms with Gasteiger partial charge in [0.25, 0.3) is 0 Å². The molecule has 0 aliphatic rings. The lowest BCUT2D eigenvalue weighted by Crippen LogP contribution is -2.10. The van der Waals surface area contributed by atoms with Crippen LogP contribution in [0, 0.1) is 0 Å². The number of fused-ring (bicyclic) bond motifs is 1. The van der Waals surface area contributed by atoms with E-state index in [9.17, 15) is 8.22 Å². The molecule has 8 aromatic carbocycles. The largest absolute Gasteiger partial charge is 0.310 e. The molecule has 0 atom stereocenters. The molecule has 8 rings (SSSR count). The Bertz CT molecular complexity index is 2670. The van der Waals surface area contributed by atoms with Crippen LogP contribution in [0.5, 0.6) is 0 Å². The third kappa shape index (κ3) is 5.83. The minimum atomic E-state index is -0.386. The van der Waals surface area contributed by atoms with E-state index >= 15 is 0 Å². The van der Waals surface area contributed by atoms with Crippen molar-refractivity contribution in [3.05, 3.63) is 200 Å². The molecule has 0 saturated heterocycles. The van der Waals surface area contributed by atoms with Gasteiger partial charge in [-0.2, -0.15) is 0 Å². The van der Waals surface area contributed by atoms with Crippen LogP contribution in [0.4, 0.5) is 17.1 Å². The van der Waals surface area contributed by atoms with Crippen molar-refractivity contribution in [1.82, 2.24) is 0 Å². The molecule has 1 heteroatoms. The summed E-state index contributed by atoms with van der Waals surface area (Å²) in [6, 6.07) is 44.4. The second kappa shape index (κ2) is 12.7. The summed E-state index contributed by atoms with van der Waals surface area (Å²) in [5.74, 6) is 0. The van der Waals surface area contributed by atoms with Crippen molar-refractivity contribution in [2.24, 2.45) is 0 Å². The van der Waals surface area contributed by atoms with Gasteiger partial charge in [-0.05, 0) is 91.6 Å². The maximum absolute atomic E-state index is 9.43. The van der Waals surface area contributed by atoms with E-state index in [2.05, 4.69) is 0 Å². The molecule has 222 valence electrons. The number of anilines is 3. The van der Waals surface area contributed by atoms with Gasteiger partial charge in [-0.15, -0.1) is 0 Å². The first kappa shape index (κ1) is 20.8. The van der Waals surface area contributed by atoms with Gasteiger partial charge in [0.1, 0.15) is 0 Å². The van der Waals surface area contributed by atoms with Crippen LogP contribution in [0.3, 0.4) is 0 Å². The molecule has 8 aromatic rings. The summed E-state index contributed by atoms with van der Waals surface area (Å²) >= 11 is 0. The van der Waals surface area contributed by atoms with E-state index in [4.69, 9.17) is 2.74 Å². The van der Waals surface area contributed by atoms with Crippen LogP contribution in [-0.2, 0) is 0 Å². The molecule has 0 aliphatic heterocycles. The summed E-state index contributed by atoms with van der Waals surface area (Å²) in [6.45, 7) is 0. The van der Waals surface area contributed by atoms with Gasteiger partial charge in [-0.3, -0.25) is 0 Å². The highest BCUT2D eigenvalue weighted by atomic mass is 15.1. The fraction of sp³-hybridized carbons (Fsp3) is 0. The van der Waals surface area contributed by atoms with Gasteiger partial charge < -0.3 is 4.90 Å². The normalized spacial score (nSPS) is 13.4. The lowest BCUT2D eigenvalue weighted by molar-refractivity contribution is 1.28. The third-order valence-corrected chi connectivity index (χ3v) is 8.22. The van der Waals surface area contributed by atoms with Gasteiger partial charge in [-0.25, -0.2) is 0 Å². The van der Waals surface area contributed by atoms with E-state index < -0.39 is 0 Å². The molecular weight excluding hydrogens is 567 g/mol. The Balaban J connectivity index is 1.37. The third-order valence-electron chi connectivity index (χ3n) is 8.22. The summed E-state index contributed by atoms with van der Waals surface area (Å²) in [7, 11) is 0. The Morgan fingerprint density at radius 1 is 0.319 bits per heavy atom. The summed E-state index contributed by atoms with van der Waals surface area (Å²) in [4.78, 5) is 1.35. The van der Waals surface area contributed by atoms with Gasteiger partial charge in [0.2, 0.25) is 0 Å². The van der Waals surface area contributed by atoms with Crippen molar-refractivity contribution in [1.29, 1.82) is 0 Å². The highest BCUT2D eigenvalue weighted by Crippen LogP contribution is 2.39. The van der Waals surface area contributed by atoms with Gasteiger partial charge in [0, 0.05) is 17.1 Å². The quantitative estimate of drug-likeness (QED) is 0.174. The summed E-state index contributed by atoms with van der Waals surface area (Å²) in [5, 5.41) is 2.03. The lowest BCUT2D eigenvalue weighted by atomic mass is 9.97. The zero-order valence-corrected chi connectivity index (χ0v) is 25.4. The maximum Gasteiger partial charge on any atom is 0.0645 e. The van der Waals surface area contributed by atoms with Gasteiger partial charge in [-0.1, -0.05) is 164 Å². The number of hydrogen-bond donors (Lipinski definition) is 0. The summed E-state index contributed by atoms with van der Waals surface area (Å²) in [6.07, 6.45) is 0. The van der Waals surface area contributed by atoms with Crippen molar-refractivity contribution in [3.8, 4) is 44.5 Å². The lowest BCUT2D eigenvalue weighted by Gasteiger charge is -2.26. The number of benzene rings is 8. The fourth-order valence-corrected chi connectivity index (χ4v) is 5.85. The number of rotatable bonds is 7. The minimum absolute atomic E-state index is 0.113. The SMILES string of the molecule is [2H]c1c([2H])c(N(c2cccc(-c3cccc4ccccc34)c2)c2c([2H])c([2H])c(-c3ccc(-c4ccccc4)cc3)c([2H])c2[2H])c([2H])c([2H])c1-c1ccccc1. The van der Waals surface area contributed by atoms with Crippen LogP contribution >= 0.6 is 0 Å². The highest BCUT2D eigenvalue weighted by Gasteiger charge is 2.15. The van der Waals surface area contributed by atoms with E-state index in [0.717, 1.165) is 33.0 Å². The second-order valence-electron chi connectivity index (χ2n) is 11.2. The fourth-order valence-electron chi connectivity index (χ4n) is 5.85. The molecule has 0 amide bonds. The molecule has 0 spiro atoms. The summed E-state index contributed by atoms with van der Waals surface area (Å²) in [5.41, 5.74) is 4.85. The molecule has 0 heterocycles. The van der Waals surface area contributed by atoms with Crippen molar-refractivity contribution >= 4 is 27.8 Å². The predicted octanol–water partition coefficient (Wildman–Crippen LogP) is 13.0. The van der Waals surface area contributed by atoms with Crippen molar-refractivity contribution in [2.45, 2.75) is 0 Å². The molecule has 1 nitrogen and oxygen atoms in total. The van der Waals surface area contributed by atoms with Crippen LogP contribution in [0.15, 0.2) is 200 Å². The molecule has 0 saturated carbocycles. The van der Waals surface area contributed by atoms with Crippen LogP contribution < -0.4 is 4.90 Å². The van der Waals surface area contributed by atoms with Gasteiger partial charge in [0.05, 0.1) is 11.0 Å². The average Bonchev–Trinajstić information content (AvgIpc) is 3.22. The van der Waals surface area contributed by atoms with E-state index in [0.29, 0.717) is 16.8 Å². The first-order valence-corrected chi connectivity index (χ1v) is 15.5. The molecule has 0 bridgehead atoms. The molecule has 0 aliphatic carbocycles. The number of nitrogens with zero attached hydrogens (tertiary/aromatic N) is 1. The first-order valence-electron chi connectivity index (χ1n) is 19.5. The monoisotopic (exact) mass is 607 g/mol. The van der Waals surface area contributed by atoms with E-state index in [1.807, 2.05) is 103 Å². The predicted molar refractivity (Wildman–Crippen MR) is 200 cm³/mol. The van der Waals surface area contributed by atoms with Crippen molar-refractivity contribution in [2.75, 3.05) is 4.90 Å². The number of hydrogen-bond acceptors (Lipinski definition) is 1. The van der Waals surface area contributed by atoms with E-state index in [-0.39, 0.29) is 70.8 Å². The second-order valence-corrected chi connectivity index (χ2v) is 11.2. The Kier molecular flexibility index (Phi) is 5.60. The van der Waals surface area contributed by atoms with Crippen LogP contribution in [0.1, 0.15) is 11.0 Å². The van der Waals surface area contributed by atoms with E-state index in [1.54, 1.807) is 48.5 Å². The molecule has 0 unspecified atom stereocenters. The Morgan fingerprint density at radius 3 is 1.38 bits per heavy atom. The Morgan fingerprint density at radius 2 is 0.766 bits per heavy atom. The van der Waals surface area contributed by atoms with Crippen LogP contribution in [0.25, 0.3) is 55.3 Å². The molecule has 0 fully saturated rings. The molecule has 47 heavy (non-hydrogen) atoms. The van der Waals surface area contributed by atoms with Crippen molar-refractivity contribution < 1.29 is 11.0 Å². The maximum atomic E-state index is 9.43. The average molecular weight is 608 g/mol. The minimum Gasteiger partial charge on any atom is -0.310 e. The van der Waals surface area contributed by atoms with E-state index in [1.165, 1.54) is 4.90 Å². The zero-order valence-electron chi connectivity index (χ0n) is 33.4. The zero-order chi connectivity index (χ0) is 38.4. The van der Waals surface area contributed by atoms with Crippen molar-refractivity contribution in [3.63, 3.8) is 0 Å². The molecular formula is C46H33N. The van der Waals surface area contributed by atoms with Crippen LogP contribution in [-0.4, -0.2) is 0 Å². The standard InChI is InChI=1S/C46H33N/c1-3-11-34(12-4-1)36-21-23-37(24-22-36)39-27-31-43(32-28-39)47(42-29-25-38(26-30-42)35-13-5-2-6-14-35)44-18-9-17-41(33-44)46-20-10-16-40-15-7-8-19-45(40)46/h1-33H/i25D,26D,27D,28D,29D,30D,31D,32D. The molecule has 0 aromatic heterocycles. The topological polar surface area (TPSA) is 3.24 Å². The Labute approximate surface area is 287 Å². The van der Waals surface area contributed by atoms with Gasteiger partial charge in [0.15, 0.2) is 0 Å². The smallest absolute Gasteiger partial charge is 0.0645 e. The highest BCUT2D eigenvalue weighted by molar-refractivity contribution is 5.97.